The number of rotatable bonds is 4. The van der Waals surface area contributed by atoms with E-state index < -0.39 is 0 Å². The molecule has 1 amide bonds. The first kappa shape index (κ1) is 17.1. The summed E-state index contributed by atoms with van der Waals surface area (Å²) in [5.74, 6) is 0.331. The van der Waals surface area contributed by atoms with Crippen molar-refractivity contribution in [2.75, 3.05) is 25.7 Å². The zero-order chi connectivity index (χ0) is 19.0. The molecule has 0 saturated carbocycles. The minimum atomic E-state index is -0.377. The summed E-state index contributed by atoms with van der Waals surface area (Å²) in [4.78, 5) is 27.0. The largest absolute Gasteiger partial charge is 0.493 e. The third-order valence-electron chi connectivity index (χ3n) is 4.94. The molecule has 0 N–H and O–H groups in total. The van der Waals surface area contributed by atoms with Gasteiger partial charge in [-0.1, -0.05) is 24.3 Å². The number of amides is 1. The molecule has 0 aromatic heterocycles. The summed E-state index contributed by atoms with van der Waals surface area (Å²) in [6, 6.07) is 14.8. The van der Waals surface area contributed by atoms with E-state index in [1.807, 2.05) is 42.5 Å². The number of carbonyl (C=O) groups excluding carboxylic acids is 2. The maximum Gasteiger partial charge on any atom is 0.336 e. The second-order valence-corrected chi connectivity index (χ2v) is 6.37. The van der Waals surface area contributed by atoms with Crippen molar-refractivity contribution < 1.29 is 23.8 Å². The SMILES string of the molecule is COc1ccc(C2CC(=O)N(c3ccccc3)C3=C2C(=O)OC3)cc1OC. The molecule has 2 aliphatic rings. The van der Waals surface area contributed by atoms with Gasteiger partial charge in [0.2, 0.25) is 5.91 Å². The molecule has 0 radical (unpaired) electrons. The van der Waals surface area contributed by atoms with Gasteiger partial charge in [-0.25, -0.2) is 4.79 Å². The Morgan fingerprint density at radius 1 is 1.00 bits per heavy atom. The molecule has 2 aliphatic heterocycles. The van der Waals surface area contributed by atoms with Crippen molar-refractivity contribution in [1.82, 2.24) is 0 Å². The number of carbonyl (C=O) groups is 2. The van der Waals surface area contributed by atoms with Crippen LogP contribution in [0.3, 0.4) is 0 Å². The van der Waals surface area contributed by atoms with E-state index in [2.05, 4.69) is 0 Å². The monoisotopic (exact) mass is 365 g/mol. The molecule has 2 heterocycles. The topological polar surface area (TPSA) is 65.1 Å². The number of methoxy groups -OCH3 is 2. The minimum absolute atomic E-state index is 0.0713. The number of esters is 1. The molecular formula is C21H19NO5. The summed E-state index contributed by atoms with van der Waals surface area (Å²) in [5.41, 5.74) is 2.70. The second kappa shape index (κ2) is 6.79. The van der Waals surface area contributed by atoms with Crippen LogP contribution in [-0.2, 0) is 14.3 Å². The Bertz CT molecular complexity index is 935. The summed E-state index contributed by atoms with van der Waals surface area (Å²) in [6.45, 7) is 0.0958. The number of nitrogens with zero attached hydrogens (tertiary/aromatic N) is 1. The minimum Gasteiger partial charge on any atom is -0.493 e. The van der Waals surface area contributed by atoms with Crippen LogP contribution in [0.25, 0.3) is 0 Å². The van der Waals surface area contributed by atoms with Crippen LogP contribution < -0.4 is 14.4 Å². The predicted molar refractivity (Wildman–Crippen MR) is 98.8 cm³/mol. The van der Waals surface area contributed by atoms with E-state index in [0.717, 1.165) is 11.3 Å². The number of cyclic esters (lactones) is 1. The molecule has 27 heavy (non-hydrogen) atoms. The molecule has 2 aromatic carbocycles. The van der Waals surface area contributed by atoms with Crippen LogP contribution in [0, 0.1) is 0 Å². The highest BCUT2D eigenvalue weighted by molar-refractivity contribution is 6.06. The Balaban J connectivity index is 1.81. The first-order valence-corrected chi connectivity index (χ1v) is 8.64. The second-order valence-electron chi connectivity index (χ2n) is 6.37. The molecule has 1 unspecified atom stereocenters. The van der Waals surface area contributed by atoms with Crippen molar-refractivity contribution in [2.24, 2.45) is 0 Å². The molecule has 6 heteroatoms. The van der Waals surface area contributed by atoms with Crippen molar-refractivity contribution in [3.8, 4) is 11.5 Å². The standard InChI is InChI=1S/C21H19NO5/c1-25-17-9-8-13(10-18(17)26-2)15-11-19(23)22(14-6-4-3-5-7-14)16-12-27-21(24)20(15)16/h3-10,15H,11-12H2,1-2H3. The number of anilines is 1. The molecule has 0 bridgehead atoms. The average Bonchev–Trinajstić information content (AvgIpc) is 3.08. The molecular weight excluding hydrogens is 346 g/mol. The van der Waals surface area contributed by atoms with Gasteiger partial charge in [-0.3, -0.25) is 9.69 Å². The van der Waals surface area contributed by atoms with E-state index >= 15 is 0 Å². The summed E-state index contributed by atoms with van der Waals surface area (Å²) in [7, 11) is 3.12. The molecule has 0 saturated heterocycles. The van der Waals surface area contributed by atoms with Crippen molar-refractivity contribution >= 4 is 17.6 Å². The van der Waals surface area contributed by atoms with Gasteiger partial charge < -0.3 is 14.2 Å². The van der Waals surface area contributed by atoms with Gasteiger partial charge in [0.15, 0.2) is 11.5 Å². The van der Waals surface area contributed by atoms with E-state index in [-0.39, 0.29) is 30.8 Å². The number of benzene rings is 2. The molecule has 0 aliphatic carbocycles. The molecule has 0 fully saturated rings. The first-order valence-electron chi connectivity index (χ1n) is 8.64. The number of hydrogen-bond donors (Lipinski definition) is 0. The Labute approximate surface area is 156 Å². The van der Waals surface area contributed by atoms with Gasteiger partial charge >= 0.3 is 5.97 Å². The fourth-order valence-corrected chi connectivity index (χ4v) is 3.69. The normalized spacial score (nSPS) is 19.0. The lowest BCUT2D eigenvalue weighted by molar-refractivity contribution is -0.136. The van der Waals surface area contributed by atoms with Gasteiger partial charge in [-0.2, -0.15) is 0 Å². The lowest BCUT2D eigenvalue weighted by atomic mass is 9.84. The fraction of sp³-hybridized carbons (Fsp3) is 0.238. The summed E-state index contributed by atoms with van der Waals surface area (Å²) in [6.07, 6.45) is 0.179. The molecule has 1 atom stereocenters. The van der Waals surface area contributed by atoms with Crippen molar-refractivity contribution in [2.45, 2.75) is 12.3 Å². The van der Waals surface area contributed by atoms with Crippen molar-refractivity contribution in [3.05, 3.63) is 65.4 Å². The number of ether oxygens (including phenoxy) is 3. The molecule has 6 nitrogen and oxygen atoms in total. The summed E-state index contributed by atoms with van der Waals surface area (Å²) >= 11 is 0. The van der Waals surface area contributed by atoms with Crippen LogP contribution in [0.5, 0.6) is 11.5 Å². The predicted octanol–water partition coefficient (Wildman–Crippen LogP) is 3.04. The Morgan fingerprint density at radius 3 is 2.44 bits per heavy atom. The lowest BCUT2D eigenvalue weighted by Crippen LogP contribution is -2.37. The number of hydrogen-bond acceptors (Lipinski definition) is 5. The van der Waals surface area contributed by atoms with Crippen molar-refractivity contribution in [3.63, 3.8) is 0 Å². The zero-order valence-corrected chi connectivity index (χ0v) is 15.1. The van der Waals surface area contributed by atoms with Gasteiger partial charge in [0.1, 0.15) is 6.61 Å². The first-order chi connectivity index (χ1) is 13.1. The van der Waals surface area contributed by atoms with Gasteiger partial charge in [-0.15, -0.1) is 0 Å². The van der Waals surface area contributed by atoms with Crippen LogP contribution in [0.2, 0.25) is 0 Å². The van der Waals surface area contributed by atoms with Crippen molar-refractivity contribution in [1.29, 1.82) is 0 Å². The maximum absolute atomic E-state index is 13.0. The van der Waals surface area contributed by atoms with E-state index in [0.29, 0.717) is 22.8 Å². The Hall–Kier alpha value is -3.28. The highest BCUT2D eigenvalue weighted by Crippen LogP contribution is 2.43. The molecule has 2 aromatic rings. The summed E-state index contributed by atoms with van der Waals surface area (Å²) < 4.78 is 15.9. The maximum atomic E-state index is 13.0. The van der Waals surface area contributed by atoms with Crippen LogP contribution in [-0.4, -0.2) is 32.7 Å². The van der Waals surface area contributed by atoms with Gasteiger partial charge in [0, 0.05) is 18.0 Å². The number of para-hydroxylation sites is 1. The van der Waals surface area contributed by atoms with E-state index in [1.165, 1.54) is 0 Å². The smallest absolute Gasteiger partial charge is 0.336 e. The van der Waals surface area contributed by atoms with Crippen LogP contribution in [0.4, 0.5) is 5.69 Å². The van der Waals surface area contributed by atoms with E-state index in [4.69, 9.17) is 14.2 Å². The highest BCUT2D eigenvalue weighted by Gasteiger charge is 2.43. The van der Waals surface area contributed by atoms with Gasteiger partial charge in [-0.05, 0) is 29.8 Å². The van der Waals surface area contributed by atoms with Crippen LogP contribution in [0.1, 0.15) is 17.9 Å². The van der Waals surface area contributed by atoms with Crippen LogP contribution in [0.15, 0.2) is 59.8 Å². The van der Waals surface area contributed by atoms with Gasteiger partial charge in [0.05, 0.1) is 25.5 Å². The lowest BCUT2D eigenvalue weighted by Gasteiger charge is -2.32. The van der Waals surface area contributed by atoms with E-state index in [9.17, 15) is 9.59 Å². The van der Waals surface area contributed by atoms with E-state index in [1.54, 1.807) is 25.2 Å². The van der Waals surface area contributed by atoms with Crippen LogP contribution >= 0.6 is 0 Å². The molecule has 138 valence electrons. The highest BCUT2D eigenvalue weighted by atomic mass is 16.5. The third-order valence-corrected chi connectivity index (χ3v) is 4.94. The third kappa shape index (κ3) is 2.83. The quantitative estimate of drug-likeness (QED) is 0.779. The average molecular weight is 365 g/mol. The molecule has 4 rings (SSSR count). The Morgan fingerprint density at radius 2 is 1.74 bits per heavy atom. The molecule has 0 spiro atoms. The fourth-order valence-electron chi connectivity index (χ4n) is 3.69. The zero-order valence-electron chi connectivity index (χ0n) is 15.1. The summed E-state index contributed by atoms with van der Waals surface area (Å²) in [5, 5.41) is 0. The van der Waals surface area contributed by atoms with Gasteiger partial charge in [0.25, 0.3) is 0 Å². The Kier molecular flexibility index (Phi) is 4.32.